The molecule has 1 aliphatic rings. The summed E-state index contributed by atoms with van der Waals surface area (Å²) in [7, 11) is 1.25. The van der Waals surface area contributed by atoms with E-state index >= 15 is 0 Å². The van der Waals surface area contributed by atoms with Crippen molar-refractivity contribution in [3.8, 4) is 0 Å². The molecule has 0 bridgehead atoms. The lowest BCUT2D eigenvalue weighted by Crippen LogP contribution is -2.32. The van der Waals surface area contributed by atoms with Crippen LogP contribution in [0.3, 0.4) is 0 Å². The molecule has 12 heteroatoms. The van der Waals surface area contributed by atoms with E-state index in [1.807, 2.05) is 0 Å². The molecule has 0 aliphatic carbocycles. The maximum absolute atomic E-state index is 13.7. The van der Waals surface area contributed by atoms with Gasteiger partial charge in [0.1, 0.15) is 0 Å². The molecule has 6 nitrogen and oxygen atoms in total. The Balaban J connectivity index is 1.76. The van der Waals surface area contributed by atoms with Crippen molar-refractivity contribution in [2.45, 2.75) is 18.4 Å². The first-order chi connectivity index (χ1) is 16.8. The standard InChI is InChI=1S/C24H15F6N3O3/c1-33-21(35)15-9-6-13(11-16(15)22(33)36)20(34)32-18(12-4-7-14(8-5-12)23(25,26)27)19-17(24(28,29)30)3-2-10-31-19/h2-11,18H,1H3,(H,32,34). The van der Waals surface area contributed by atoms with E-state index in [-0.39, 0.29) is 22.3 Å². The van der Waals surface area contributed by atoms with Crippen LogP contribution in [0.1, 0.15) is 59.5 Å². The number of hydrogen-bond donors (Lipinski definition) is 1. The lowest BCUT2D eigenvalue weighted by atomic mass is 9.97. The van der Waals surface area contributed by atoms with Gasteiger partial charge in [-0.1, -0.05) is 12.1 Å². The molecule has 1 N–H and O–H groups in total. The molecule has 3 aromatic rings. The number of imide groups is 1. The predicted molar refractivity (Wildman–Crippen MR) is 113 cm³/mol. The molecular weight excluding hydrogens is 492 g/mol. The predicted octanol–water partition coefficient (Wildman–Crippen LogP) is 4.86. The Kier molecular flexibility index (Phi) is 6.07. The molecule has 3 amide bonds. The summed E-state index contributed by atoms with van der Waals surface area (Å²) >= 11 is 0. The molecule has 36 heavy (non-hydrogen) atoms. The van der Waals surface area contributed by atoms with Gasteiger partial charge in [0.05, 0.1) is 34.0 Å². The van der Waals surface area contributed by atoms with E-state index in [4.69, 9.17) is 0 Å². The third-order valence-corrected chi connectivity index (χ3v) is 5.62. The van der Waals surface area contributed by atoms with Gasteiger partial charge in [-0.3, -0.25) is 24.3 Å². The highest BCUT2D eigenvalue weighted by Crippen LogP contribution is 2.37. The van der Waals surface area contributed by atoms with Gasteiger partial charge in [-0.2, -0.15) is 26.3 Å². The lowest BCUT2D eigenvalue weighted by Gasteiger charge is -2.23. The fraction of sp³-hybridized carbons (Fsp3) is 0.167. The monoisotopic (exact) mass is 507 g/mol. The zero-order valence-electron chi connectivity index (χ0n) is 18.2. The molecule has 1 aliphatic heterocycles. The van der Waals surface area contributed by atoms with Crippen molar-refractivity contribution in [3.05, 3.63) is 99.9 Å². The second-order valence-electron chi connectivity index (χ2n) is 7.89. The van der Waals surface area contributed by atoms with Gasteiger partial charge in [-0.25, -0.2) is 0 Å². The van der Waals surface area contributed by atoms with Crippen molar-refractivity contribution >= 4 is 17.7 Å². The highest BCUT2D eigenvalue weighted by molar-refractivity contribution is 6.21. The largest absolute Gasteiger partial charge is 0.418 e. The van der Waals surface area contributed by atoms with Crippen LogP contribution in [0.2, 0.25) is 0 Å². The highest BCUT2D eigenvalue weighted by Gasteiger charge is 2.38. The van der Waals surface area contributed by atoms with E-state index in [0.717, 1.165) is 41.4 Å². The van der Waals surface area contributed by atoms with Crippen molar-refractivity contribution in [3.63, 3.8) is 0 Å². The fourth-order valence-electron chi connectivity index (χ4n) is 3.78. The second-order valence-corrected chi connectivity index (χ2v) is 7.89. The summed E-state index contributed by atoms with van der Waals surface area (Å²) < 4.78 is 80.1. The molecule has 186 valence electrons. The minimum absolute atomic E-state index is 0.0578. The topological polar surface area (TPSA) is 79.4 Å². The van der Waals surface area contributed by atoms with Gasteiger partial charge >= 0.3 is 12.4 Å². The van der Waals surface area contributed by atoms with E-state index in [2.05, 4.69) is 10.3 Å². The average molecular weight is 507 g/mol. The fourth-order valence-corrected chi connectivity index (χ4v) is 3.78. The molecule has 2 aromatic carbocycles. The van der Waals surface area contributed by atoms with Crippen LogP contribution in [0.5, 0.6) is 0 Å². The van der Waals surface area contributed by atoms with Crippen LogP contribution in [0.15, 0.2) is 60.8 Å². The second kappa shape index (κ2) is 8.77. The normalized spacial score (nSPS) is 14.6. The number of hydrogen-bond acceptors (Lipinski definition) is 4. The van der Waals surface area contributed by atoms with Gasteiger partial charge in [-0.15, -0.1) is 0 Å². The number of alkyl halides is 6. The summed E-state index contributed by atoms with van der Waals surface area (Å²) in [4.78, 5) is 42.0. The molecule has 0 spiro atoms. The Morgan fingerprint density at radius 2 is 1.53 bits per heavy atom. The van der Waals surface area contributed by atoms with E-state index < -0.39 is 52.9 Å². The summed E-state index contributed by atoms with van der Waals surface area (Å²) in [6.07, 6.45) is -8.49. The van der Waals surface area contributed by atoms with Gasteiger partial charge < -0.3 is 5.32 Å². The van der Waals surface area contributed by atoms with Gasteiger partial charge in [0, 0.05) is 18.8 Å². The first-order valence-corrected chi connectivity index (χ1v) is 10.3. The van der Waals surface area contributed by atoms with Crippen molar-refractivity contribution < 1.29 is 40.7 Å². The molecule has 4 rings (SSSR count). The van der Waals surface area contributed by atoms with Crippen LogP contribution < -0.4 is 5.32 Å². The molecule has 0 fully saturated rings. The van der Waals surface area contributed by atoms with Crippen LogP contribution in [-0.2, 0) is 12.4 Å². The van der Waals surface area contributed by atoms with E-state index in [9.17, 15) is 40.7 Å². The number of amides is 3. The van der Waals surface area contributed by atoms with Crippen molar-refractivity contribution in [1.82, 2.24) is 15.2 Å². The summed E-state index contributed by atoms with van der Waals surface area (Å²) in [6.45, 7) is 0. The Hall–Kier alpha value is -4.22. The Morgan fingerprint density at radius 1 is 0.889 bits per heavy atom. The number of nitrogens with one attached hydrogen (secondary N) is 1. The summed E-state index contributed by atoms with van der Waals surface area (Å²) in [6, 6.07) is 7.02. The van der Waals surface area contributed by atoms with Crippen molar-refractivity contribution in [2.24, 2.45) is 0 Å². The summed E-state index contributed by atoms with van der Waals surface area (Å²) in [5.74, 6) is -2.17. The Labute approximate surface area is 199 Å². The van der Waals surface area contributed by atoms with Gasteiger partial charge in [0.2, 0.25) is 0 Å². The van der Waals surface area contributed by atoms with Gasteiger partial charge in [0.25, 0.3) is 17.7 Å². The number of nitrogens with zero attached hydrogens (tertiary/aromatic N) is 2. The maximum atomic E-state index is 13.7. The van der Waals surface area contributed by atoms with Gasteiger partial charge in [-0.05, 0) is 48.0 Å². The first-order valence-electron chi connectivity index (χ1n) is 10.3. The average Bonchev–Trinajstić information content (AvgIpc) is 3.05. The molecule has 2 heterocycles. The van der Waals surface area contributed by atoms with Gasteiger partial charge in [0.15, 0.2) is 0 Å². The number of benzene rings is 2. The minimum Gasteiger partial charge on any atom is -0.340 e. The van der Waals surface area contributed by atoms with Crippen LogP contribution in [0, 0.1) is 0 Å². The maximum Gasteiger partial charge on any atom is 0.418 e. The Morgan fingerprint density at radius 3 is 2.14 bits per heavy atom. The van der Waals surface area contributed by atoms with Crippen molar-refractivity contribution in [1.29, 1.82) is 0 Å². The smallest absolute Gasteiger partial charge is 0.340 e. The molecule has 0 saturated carbocycles. The van der Waals surface area contributed by atoms with E-state index in [1.165, 1.54) is 19.2 Å². The molecule has 1 unspecified atom stereocenters. The number of rotatable bonds is 4. The first kappa shape index (κ1) is 24.9. The molecular formula is C24H15F6N3O3. The van der Waals surface area contributed by atoms with Crippen LogP contribution in [0.25, 0.3) is 0 Å². The third kappa shape index (κ3) is 4.53. The molecule has 0 saturated heterocycles. The quantitative estimate of drug-likeness (QED) is 0.404. The third-order valence-electron chi connectivity index (χ3n) is 5.62. The number of pyridine rings is 1. The summed E-state index contributed by atoms with van der Waals surface area (Å²) in [5, 5.41) is 2.37. The SMILES string of the molecule is CN1C(=O)c2ccc(C(=O)NC(c3ccc(C(F)(F)F)cc3)c3ncccc3C(F)(F)F)cc2C1=O. The van der Waals surface area contributed by atoms with Crippen LogP contribution in [-0.4, -0.2) is 34.7 Å². The zero-order chi connectivity index (χ0) is 26.4. The lowest BCUT2D eigenvalue weighted by molar-refractivity contribution is -0.139. The molecule has 1 atom stereocenters. The zero-order valence-corrected chi connectivity index (χ0v) is 18.2. The van der Waals surface area contributed by atoms with Crippen LogP contribution >= 0.6 is 0 Å². The Bertz CT molecular complexity index is 1370. The van der Waals surface area contributed by atoms with E-state index in [1.54, 1.807) is 0 Å². The number of carbonyl (C=O) groups excluding carboxylic acids is 3. The van der Waals surface area contributed by atoms with Crippen LogP contribution in [0.4, 0.5) is 26.3 Å². The van der Waals surface area contributed by atoms with Crippen molar-refractivity contribution in [2.75, 3.05) is 7.05 Å². The number of halogens is 6. The summed E-state index contributed by atoms with van der Waals surface area (Å²) in [5.41, 5.74) is -3.09. The minimum atomic E-state index is -4.87. The number of aromatic nitrogens is 1. The molecule has 1 aromatic heterocycles. The highest BCUT2D eigenvalue weighted by atomic mass is 19.4. The molecule has 0 radical (unpaired) electrons. The number of fused-ring (bicyclic) bond motifs is 1. The number of carbonyl (C=O) groups is 3. The van der Waals surface area contributed by atoms with E-state index in [0.29, 0.717) is 12.1 Å².